The predicted molar refractivity (Wildman–Crippen MR) is 84.4 cm³/mol. The van der Waals surface area contributed by atoms with Crippen molar-refractivity contribution < 1.29 is 29.3 Å². The lowest BCUT2D eigenvalue weighted by Gasteiger charge is -2.25. The van der Waals surface area contributed by atoms with Crippen LogP contribution in [0.2, 0.25) is 0 Å². The van der Waals surface area contributed by atoms with Gasteiger partial charge < -0.3 is 15.1 Å². The SMILES string of the molecule is C/C=C/C(C(CCC(=O)O)C(=O)O)P(=O)(O)Cc1cccnc1. The summed E-state index contributed by atoms with van der Waals surface area (Å²) < 4.78 is 12.7. The van der Waals surface area contributed by atoms with Crippen molar-refractivity contribution in [2.24, 2.45) is 5.92 Å². The van der Waals surface area contributed by atoms with Gasteiger partial charge in [0.25, 0.3) is 0 Å². The molecular weight excluding hydrogens is 321 g/mol. The van der Waals surface area contributed by atoms with Crippen LogP contribution in [0.4, 0.5) is 0 Å². The zero-order chi connectivity index (χ0) is 17.5. The number of rotatable bonds is 9. The molecule has 0 saturated carbocycles. The molecule has 3 N–H and O–H groups in total. The van der Waals surface area contributed by atoms with E-state index in [1.54, 1.807) is 19.1 Å². The number of carboxylic acid groups (broad SMARTS) is 2. The summed E-state index contributed by atoms with van der Waals surface area (Å²) in [6.07, 6.45) is 5.05. The molecule has 0 bridgehead atoms. The van der Waals surface area contributed by atoms with Gasteiger partial charge in [-0.15, -0.1) is 0 Å². The maximum atomic E-state index is 12.7. The number of hydrogen-bond donors (Lipinski definition) is 3. The second-order valence-electron chi connectivity index (χ2n) is 5.17. The fourth-order valence-corrected chi connectivity index (χ4v) is 4.53. The lowest BCUT2D eigenvalue weighted by molar-refractivity contribution is -0.142. The van der Waals surface area contributed by atoms with Crippen molar-refractivity contribution in [2.75, 3.05) is 0 Å². The van der Waals surface area contributed by atoms with E-state index >= 15 is 0 Å². The molecule has 126 valence electrons. The Balaban J connectivity index is 3.07. The first kappa shape index (κ1) is 19.1. The molecule has 3 atom stereocenters. The largest absolute Gasteiger partial charge is 0.481 e. The van der Waals surface area contributed by atoms with Crippen LogP contribution < -0.4 is 0 Å². The van der Waals surface area contributed by atoms with E-state index in [0.717, 1.165) is 0 Å². The van der Waals surface area contributed by atoms with Crippen molar-refractivity contribution in [3.05, 3.63) is 42.2 Å². The van der Waals surface area contributed by atoms with Gasteiger partial charge in [-0.1, -0.05) is 18.2 Å². The van der Waals surface area contributed by atoms with E-state index in [2.05, 4.69) is 4.98 Å². The highest BCUT2D eigenvalue weighted by Crippen LogP contribution is 2.53. The molecule has 1 rings (SSSR count). The number of carbonyl (C=O) groups is 2. The Kier molecular flexibility index (Phi) is 7.13. The van der Waals surface area contributed by atoms with E-state index in [1.165, 1.54) is 24.5 Å². The fraction of sp³-hybridized carbons (Fsp3) is 0.400. The summed E-state index contributed by atoms with van der Waals surface area (Å²) >= 11 is 0. The van der Waals surface area contributed by atoms with Gasteiger partial charge in [0.15, 0.2) is 0 Å². The van der Waals surface area contributed by atoms with Crippen molar-refractivity contribution in [1.82, 2.24) is 4.98 Å². The molecule has 0 aliphatic heterocycles. The van der Waals surface area contributed by atoms with Gasteiger partial charge in [0, 0.05) is 18.8 Å². The summed E-state index contributed by atoms with van der Waals surface area (Å²) in [5.74, 6) is -3.67. The van der Waals surface area contributed by atoms with E-state index in [0.29, 0.717) is 5.56 Å². The summed E-state index contributed by atoms with van der Waals surface area (Å²) in [7, 11) is -3.91. The molecule has 0 spiro atoms. The van der Waals surface area contributed by atoms with Gasteiger partial charge in [-0.2, -0.15) is 0 Å². The second-order valence-corrected chi connectivity index (χ2v) is 7.59. The number of pyridine rings is 1. The van der Waals surface area contributed by atoms with Gasteiger partial charge in [0.2, 0.25) is 7.37 Å². The van der Waals surface area contributed by atoms with Crippen molar-refractivity contribution in [2.45, 2.75) is 31.6 Å². The summed E-state index contributed by atoms with van der Waals surface area (Å²) in [5, 5.41) is 18.1. The Morgan fingerprint density at radius 2 is 2.09 bits per heavy atom. The topological polar surface area (TPSA) is 125 Å². The lowest BCUT2D eigenvalue weighted by Crippen LogP contribution is -2.28. The highest BCUT2D eigenvalue weighted by Gasteiger charge is 2.39. The first-order valence-corrected chi connectivity index (χ1v) is 8.97. The molecule has 0 aliphatic carbocycles. The summed E-state index contributed by atoms with van der Waals surface area (Å²) in [6.45, 7) is 1.62. The number of aliphatic carboxylic acids is 2. The number of hydrogen-bond acceptors (Lipinski definition) is 4. The first-order valence-electron chi connectivity index (χ1n) is 7.05. The highest BCUT2D eigenvalue weighted by atomic mass is 31.2. The van der Waals surface area contributed by atoms with Crippen molar-refractivity contribution in [1.29, 1.82) is 0 Å². The predicted octanol–water partition coefficient (Wildman–Crippen LogP) is 2.36. The van der Waals surface area contributed by atoms with Crippen molar-refractivity contribution in [3.8, 4) is 0 Å². The van der Waals surface area contributed by atoms with Crippen LogP contribution in [0.1, 0.15) is 25.3 Å². The summed E-state index contributed by atoms with van der Waals surface area (Å²) in [4.78, 5) is 36.4. The molecule has 7 nitrogen and oxygen atoms in total. The third-order valence-corrected chi connectivity index (χ3v) is 5.67. The molecule has 1 heterocycles. The third-order valence-electron chi connectivity index (χ3n) is 3.39. The summed E-state index contributed by atoms with van der Waals surface area (Å²) in [6, 6.07) is 3.26. The molecule has 0 aliphatic rings. The molecule has 0 amide bonds. The van der Waals surface area contributed by atoms with Gasteiger partial charge in [-0.25, -0.2) is 0 Å². The molecule has 0 aromatic carbocycles. The molecule has 0 radical (unpaired) electrons. The number of nitrogens with zero attached hydrogens (tertiary/aromatic N) is 1. The minimum absolute atomic E-state index is 0.211. The fourth-order valence-electron chi connectivity index (χ4n) is 2.32. The Hall–Kier alpha value is -1.98. The molecule has 0 saturated heterocycles. The van der Waals surface area contributed by atoms with Crippen LogP contribution in [0.25, 0.3) is 0 Å². The lowest BCUT2D eigenvalue weighted by atomic mass is 9.99. The van der Waals surface area contributed by atoms with E-state index in [9.17, 15) is 24.2 Å². The van der Waals surface area contributed by atoms with Crippen LogP contribution in [0.5, 0.6) is 0 Å². The zero-order valence-corrected chi connectivity index (χ0v) is 13.6. The molecule has 8 heteroatoms. The molecule has 0 fully saturated rings. The molecule has 23 heavy (non-hydrogen) atoms. The van der Waals surface area contributed by atoms with E-state index in [-0.39, 0.29) is 19.0 Å². The molecule has 3 unspecified atom stereocenters. The maximum absolute atomic E-state index is 12.7. The van der Waals surface area contributed by atoms with Crippen molar-refractivity contribution in [3.63, 3.8) is 0 Å². The number of aromatic nitrogens is 1. The standard InChI is InChI=1S/C15H20NO6P/c1-2-4-13(12(15(19)20)6-7-14(17)18)23(21,22)10-11-5-3-8-16-9-11/h2-5,8-9,12-13H,6-7,10H2,1H3,(H,17,18)(H,19,20)(H,21,22)/b4-2+. The van der Waals surface area contributed by atoms with Crippen LogP contribution in [0, 0.1) is 5.92 Å². The van der Waals surface area contributed by atoms with Crippen LogP contribution >= 0.6 is 7.37 Å². The Morgan fingerprint density at radius 1 is 1.39 bits per heavy atom. The quantitative estimate of drug-likeness (QED) is 0.465. The second kappa shape index (κ2) is 8.60. The van der Waals surface area contributed by atoms with Crippen molar-refractivity contribution >= 4 is 19.3 Å². The number of allylic oxidation sites excluding steroid dienone is 2. The van der Waals surface area contributed by atoms with E-state index < -0.39 is 30.9 Å². The monoisotopic (exact) mass is 341 g/mol. The van der Waals surface area contributed by atoms with Gasteiger partial charge in [0.1, 0.15) is 0 Å². The smallest absolute Gasteiger partial charge is 0.307 e. The van der Waals surface area contributed by atoms with Crippen LogP contribution in [0.15, 0.2) is 36.7 Å². The van der Waals surface area contributed by atoms with Gasteiger partial charge in [0.05, 0.1) is 17.7 Å². The Morgan fingerprint density at radius 3 is 2.57 bits per heavy atom. The average Bonchev–Trinajstić information content (AvgIpc) is 2.46. The summed E-state index contributed by atoms with van der Waals surface area (Å²) in [5.41, 5.74) is -0.625. The van der Waals surface area contributed by atoms with Gasteiger partial charge in [-0.05, 0) is 25.0 Å². The molecular formula is C15H20NO6P. The first-order chi connectivity index (χ1) is 10.8. The Labute approximate surface area is 134 Å². The number of carboxylic acids is 2. The van der Waals surface area contributed by atoms with E-state index in [4.69, 9.17) is 5.11 Å². The molecule has 1 aromatic heterocycles. The Bertz CT molecular complexity index is 616. The van der Waals surface area contributed by atoms with Gasteiger partial charge in [-0.3, -0.25) is 19.1 Å². The average molecular weight is 341 g/mol. The normalized spacial score (nSPS) is 16.6. The molecule has 1 aromatic rings. The minimum Gasteiger partial charge on any atom is -0.481 e. The van der Waals surface area contributed by atoms with Gasteiger partial charge >= 0.3 is 11.9 Å². The zero-order valence-electron chi connectivity index (χ0n) is 12.7. The highest BCUT2D eigenvalue weighted by molar-refractivity contribution is 7.58. The maximum Gasteiger partial charge on any atom is 0.307 e. The van der Waals surface area contributed by atoms with Crippen LogP contribution in [0.3, 0.4) is 0 Å². The van der Waals surface area contributed by atoms with Crippen LogP contribution in [-0.2, 0) is 20.3 Å². The minimum atomic E-state index is -3.91. The van der Waals surface area contributed by atoms with E-state index in [1.807, 2.05) is 0 Å². The van der Waals surface area contributed by atoms with Crippen LogP contribution in [-0.4, -0.2) is 37.7 Å². The third kappa shape index (κ3) is 5.96.